The second-order valence-electron chi connectivity index (χ2n) is 14.6. The molecule has 0 saturated heterocycles. The van der Waals surface area contributed by atoms with E-state index in [1.54, 1.807) is 11.3 Å². The number of hydrogen-bond donors (Lipinski definition) is 0. The van der Waals surface area contributed by atoms with E-state index in [1.165, 1.54) is 69.1 Å². The normalized spacial score (nSPS) is 24.4. The maximum Gasteiger partial charge on any atom is 0.165 e. The molecule has 49 heavy (non-hydrogen) atoms. The molecule has 234 valence electrons. The van der Waals surface area contributed by atoms with Crippen LogP contribution in [0.25, 0.3) is 65.5 Å². The average molecular weight is 650 g/mol. The van der Waals surface area contributed by atoms with Crippen molar-refractivity contribution in [2.24, 2.45) is 23.7 Å². The molecular weight excluding hydrogens is 619 g/mol. The summed E-state index contributed by atoms with van der Waals surface area (Å²) in [6.45, 7) is 0. The van der Waals surface area contributed by atoms with Crippen LogP contribution in [-0.2, 0) is 5.41 Å². The number of benzene rings is 4. The van der Waals surface area contributed by atoms with E-state index in [1.807, 2.05) is 42.7 Å². The summed E-state index contributed by atoms with van der Waals surface area (Å²) in [5, 5.41) is 13.1. The zero-order valence-electron chi connectivity index (χ0n) is 26.8. The van der Waals surface area contributed by atoms with Crippen LogP contribution in [0.4, 0.5) is 0 Å². The van der Waals surface area contributed by atoms with Gasteiger partial charge in [0.15, 0.2) is 17.5 Å². The van der Waals surface area contributed by atoms with Crippen molar-refractivity contribution < 1.29 is 0 Å². The first-order valence-electron chi connectivity index (χ1n) is 17.4. The molecule has 7 aromatic rings. The van der Waals surface area contributed by atoms with E-state index in [0.717, 1.165) is 33.9 Å². The van der Waals surface area contributed by atoms with Gasteiger partial charge in [0.1, 0.15) is 0 Å². The average Bonchev–Trinajstić information content (AvgIpc) is 3.67. The molecule has 5 nitrogen and oxygen atoms in total. The van der Waals surface area contributed by atoms with Crippen LogP contribution in [0.1, 0.15) is 48.8 Å². The third-order valence-corrected chi connectivity index (χ3v) is 13.4. The number of pyridine rings is 1. The summed E-state index contributed by atoms with van der Waals surface area (Å²) in [7, 11) is 0. The Morgan fingerprint density at radius 2 is 1.35 bits per heavy atom. The highest BCUT2D eigenvalue weighted by Crippen LogP contribution is 2.69. The molecule has 1 spiro atoms. The first-order valence-corrected chi connectivity index (χ1v) is 18.3. The molecular formula is C43H31N5S. The molecule has 0 N–H and O–H groups in total. The minimum absolute atomic E-state index is 0.0525. The highest BCUT2D eigenvalue weighted by atomic mass is 32.1. The largest absolute Gasteiger partial charge is 0.264 e. The maximum atomic E-state index is 10.7. The number of aromatic nitrogens is 4. The fraction of sp³-hybridized carbons (Fsp3) is 0.233. The third kappa shape index (κ3) is 3.80. The Kier molecular flexibility index (Phi) is 5.72. The summed E-state index contributed by atoms with van der Waals surface area (Å²) in [6.07, 6.45) is 10.6. The summed E-state index contributed by atoms with van der Waals surface area (Å²) in [5.41, 5.74) is 8.37. The minimum Gasteiger partial charge on any atom is -0.264 e. The van der Waals surface area contributed by atoms with Crippen molar-refractivity contribution in [3.63, 3.8) is 0 Å². The Labute approximate surface area is 288 Å². The Hall–Kier alpha value is -5.25. The van der Waals surface area contributed by atoms with Crippen molar-refractivity contribution in [2.45, 2.75) is 37.5 Å². The van der Waals surface area contributed by atoms with Crippen LogP contribution in [0.3, 0.4) is 0 Å². The lowest BCUT2D eigenvalue weighted by atomic mass is 9.43. The SMILES string of the molecule is N#Cc1cc2c(cc1-c1nc(-c3ccccc3)nc(-c3cccc4sc5ccccc5c34)n1)C1(c3ccncc3-2)C2CC3CC(C2)CC1C3. The number of fused-ring (bicyclic) bond motifs is 6. The molecule has 12 rings (SSSR count). The van der Waals surface area contributed by atoms with Gasteiger partial charge in [0, 0.05) is 60.2 Å². The topological polar surface area (TPSA) is 75.3 Å². The molecule has 4 saturated carbocycles. The highest BCUT2D eigenvalue weighted by molar-refractivity contribution is 7.25. The summed E-state index contributed by atoms with van der Waals surface area (Å²) in [5.74, 6) is 4.67. The molecule has 4 bridgehead atoms. The van der Waals surface area contributed by atoms with Crippen molar-refractivity contribution in [1.82, 2.24) is 19.9 Å². The van der Waals surface area contributed by atoms with Gasteiger partial charge in [0.25, 0.3) is 0 Å². The monoisotopic (exact) mass is 649 g/mol. The number of thiophene rings is 1. The summed E-state index contributed by atoms with van der Waals surface area (Å²) < 4.78 is 2.44. The molecule has 5 aliphatic rings. The zero-order chi connectivity index (χ0) is 32.3. The third-order valence-electron chi connectivity index (χ3n) is 12.3. The van der Waals surface area contributed by atoms with E-state index in [4.69, 9.17) is 15.0 Å². The van der Waals surface area contributed by atoms with Crippen LogP contribution in [0.2, 0.25) is 0 Å². The van der Waals surface area contributed by atoms with Gasteiger partial charge < -0.3 is 0 Å². The fourth-order valence-corrected chi connectivity index (χ4v) is 11.8. The quantitative estimate of drug-likeness (QED) is 0.190. The molecule has 3 heterocycles. The summed E-state index contributed by atoms with van der Waals surface area (Å²) in [6, 6.07) is 34.3. The van der Waals surface area contributed by atoms with Gasteiger partial charge in [-0.25, -0.2) is 15.0 Å². The van der Waals surface area contributed by atoms with Crippen molar-refractivity contribution in [3.05, 3.63) is 120 Å². The van der Waals surface area contributed by atoms with Crippen molar-refractivity contribution >= 4 is 31.5 Å². The molecule has 3 aromatic heterocycles. The van der Waals surface area contributed by atoms with Gasteiger partial charge in [0.2, 0.25) is 0 Å². The van der Waals surface area contributed by atoms with E-state index in [-0.39, 0.29) is 5.41 Å². The Balaban J connectivity index is 1.18. The number of hydrogen-bond acceptors (Lipinski definition) is 6. The smallest absolute Gasteiger partial charge is 0.165 e. The number of rotatable bonds is 3. The van der Waals surface area contributed by atoms with E-state index < -0.39 is 0 Å². The van der Waals surface area contributed by atoms with Crippen LogP contribution in [0.15, 0.2) is 103 Å². The standard InChI is InChI=1S/C43H31N5S/c44-22-27-20-33-34-23-45-14-13-35(34)43(28-16-24-15-25(18-28)19-29(43)17-24)36(33)21-32(27)42-47-40(26-7-2-1-3-8-26)46-41(48-42)31-10-6-12-38-39(31)30-9-4-5-11-37(30)49-38/h1-14,20-21,23-25,28-29H,15-19H2. The van der Waals surface area contributed by atoms with Crippen molar-refractivity contribution in [2.75, 3.05) is 0 Å². The highest BCUT2D eigenvalue weighted by Gasteiger charge is 2.61. The molecule has 4 fully saturated rings. The lowest BCUT2D eigenvalue weighted by Gasteiger charge is -2.61. The van der Waals surface area contributed by atoms with Crippen molar-refractivity contribution in [3.8, 4) is 51.4 Å². The lowest BCUT2D eigenvalue weighted by Crippen LogP contribution is -2.55. The van der Waals surface area contributed by atoms with Gasteiger partial charge in [-0.05, 0) is 103 Å². The Bertz CT molecular complexity index is 2520. The maximum absolute atomic E-state index is 10.7. The van der Waals surface area contributed by atoms with Gasteiger partial charge in [-0.1, -0.05) is 60.7 Å². The van der Waals surface area contributed by atoms with Gasteiger partial charge >= 0.3 is 0 Å². The second-order valence-corrected chi connectivity index (χ2v) is 15.7. The number of nitriles is 1. The van der Waals surface area contributed by atoms with Gasteiger partial charge in [0.05, 0.1) is 11.6 Å². The Morgan fingerprint density at radius 3 is 2.14 bits per heavy atom. The first kappa shape index (κ1) is 27.7. The summed E-state index contributed by atoms with van der Waals surface area (Å²) >= 11 is 1.79. The molecule has 0 radical (unpaired) electrons. The second kappa shape index (κ2) is 10.1. The van der Waals surface area contributed by atoms with Crippen LogP contribution >= 0.6 is 11.3 Å². The predicted molar refractivity (Wildman–Crippen MR) is 195 cm³/mol. The molecule has 0 aliphatic heterocycles. The van der Waals surface area contributed by atoms with Crippen LogP contribution in [-0.4, -0.2) is 19.9 Å². The summed E-state index contributed by atoms with van der Waals surface area (Å²) in [4.78, 5) is 20.2. The van der Waals surface area contributed by atoms with E-state index in [2.05, 4.69) is 71.7 Å². The predicted octanol–water partition coefficient (Wildman–Crippen LogP) is 10.2. The van der Waals surface area contributed by atoms with Gasteiger partial charge in [-0.15, -0.1) is 11.3 Å². The van der Waals surface area contributed by atoms with Crippen LogP contribution in [0.5, 0.6) is 0 Å². The molecule has 5 aliphatic carbocycles. The molecule has 0 unspecified atom stereocenters. The number of nitrogens with zero attached hydrogens (tertiary/aromatic N) is 5. The molecule has 6 heteroatoms. The lowest BCUT2D eigenvalue weighted by molar-refractivity contribution is -0.0399. The molecule has 0 atom stereocenters. The van der Waals surface area contributed by atoms with Crippen LogP contribution in [0, 0.1) is 35.0 Å². The van der Waals surface area contributed by atoms with Gasteiger partial charge in [-0.2, -0.15) is 5.26 Å². The van der Waals surface area contributed by atoms with E-state index >= 15 is 0 Å². The van der Waals surface area contributed by atoms with Crippen LogP contribution < -0.4 is 0 Å². The first-order chi connectivity index (χ1) is 24.2. The van der Waals surface area contributed by atoms with E-state index in [0.29, 0.717) is 34.9 Å². The fourth-order valence-electron chi connectivity index (χ4n) is 10.7. The minimum atomic E-state index is -0.0525. The molecule has 4 aromatic carbocycles. The van der Waals surface area contributed by atoms with E-state index in [9.17, 15) is 5.26 Å². The molecule has 0 amide bonds. The van der Waals surface area contributed by atoms with Gasteiger partial charge in [-0.3, -0.25) is 4.98 Å². The Morgan fingerprint density at radius 1 is 0.633 bits per heavy atom. The zero-order valence-corrected chi connectivity index (χ0v) is 27.6. The van der Waals surface area contributed by atoms with Crippen molar-refractivity contribution in [1.29, 1.82) is 5.26 Å².